The van der Waals surface area contributed by atoms with Gasteiger partial charge in [-0.25, -0.2) is 4.68 Å². The van der Waals surface area contributed by atoms with Gasteiger partial charge in [-0.15, -0.1) is 5.10 Å². The largest absolute Gasteiger partial charge is 0.318 e. The van der Waals surface area contributed by atoms with Crippen LogP contribution in [0.3, 0.4) is 0 Å². The summed E-state index contributed by atoms with van der Waals surface area (Å²) in [5.74, 6) is 1.27. The Morgan fingerprint density at radius 3 is 2.24 bits per heavy atom. The van der Waals surface area contributed by atoms with E-state index < -0.39 is 0 Å². The van der Waals surface area contributed by atoms with Gasteiger partial charge in [0.15, 0.2) is 6.04 Å². The summed E-state index contributed by atoms with van der Waals surface area (Å²) in [7, 11) is 0. The molecule has 0 aliphatic rings. The van der Waals surface area contributed by atoms with Gasteiger partial charge in [-0.2, -0.15) is 0 Å². The first-order valence-corrected chi connectivity index (χ1v) is 10.6. The van der Waals surface area contributed by atoms with Gasteiger partial charge >= 0.3 is 0 Å². The van der Waals surface area contributed by atoms with Crippen LogP contribution in [-0.2, 0) is 18.6 Å². The zero-order chi connectivity index (χ0) is 21.0. The molecular weight excluding hydrogens is 382 g/mol. The molecule has 1 N–H and O–H groups in total. The Kier molecular flexibility index (Phi) is 6.70. The predicted octanol–water partition coefficient (Wildman–Crippen LogP) is 4.06. The van der Waals surface area contributed by atoms with Gasteiger partial charge in [-0.3, -0.25) is 0 Å². The fourth-order valence-electron chi connectivity index (χ4n) is 3.84. The Morgan fingerprint density at radius 2 is 1.62 bits per heavy atom. The lowest BCUT2D eigenvalue weighted by Gasteiger charge is -2.32. The molecule has 2 atom stereocenters. The van der Waals surface area contributed by atoms with Crippen LogP contribution in [0, 0.1) is 5.92 Å². The van der Waals surface area contributed by atoms with Crippen molar-refractivity contribution in [3.05, 3.63) is 76.6 Å². The molecular formula is C23H31ClN5+. The maximum absolute atomic E-state index is 6.53. The summed E-state index contributed by atoms with van der Waals surface area (Å²) >= 11 is 6.53. The van der Waals surface area contributed by atoms with Crippen LogP contribution in [0.1, 0.15) is 57.6 Å². The first-order chi connectivity index (χ1) is 13.8. The molecule has 0 saturated heterocycles. The third-order valence-electron chi connectivity index (χ3n) is 5.16. The number of aromatic nitrogens is 4. The molecule has 0 saturated carbocycles. The monoisotopic (exact) mass is 412 g/mol. The Hall–Kier alpha value is -2.24. The van der Waals surface area contributed by atoms with E-state index >= 15 is 0 Å². The van der Waals surface area contributed by atoms with Crippen LogP contribution in [0.4, 0.5) is 0 Å². The minimum atomic E-state index is -0.186. The number of rotatable bonds is 7. The molecule has 0 radical (unpaired) electrons. The van der Waals surface area contributed by atoms with Gasteiger partial charge < -0.3 is 4.90 Å². The lowest BCUT2D eigenvalue weighted by Crippen LogP contribution is -3.10. The third-order valence-corrected chi connectivity index (χ3v) is 5.53. The number of tetrazole rings is 1. The Bertz CT molecular complexity index is 914. The zero-order valence-corrected chi connectivity index (χ0v) is 18.7. The topological polar surface area (TPSA) is 48.0 Å². The minimum absolute atomic E-state index is 0.126. The second kappa shape index (κ2) is 9.06. The number of hydrogen-bond donors (Lipinski definition) is 1. The fourth-order valence-corrected chi connectivity index (χ4v) is 4.05. The van der Waals surface area contributed by atoms with E-state index in [9.17, 15) is 0 Å². The molecule has 1 aromatic heterocycles. The van der Waals surface area contributed by atoms with E-state index in [1.807, 2.05) is 22.9 Å². The summed E-state index contributed by atoms with van der Waals surface area (Å²) in [5, 5.41) is 13.6. The van der Waals surface area contributed by atoms with Crippen molar-refractivity contribution >= 4 is 11.6 Å². The number of nitrogens with zero attached hydrogens (tertiary/aromatic N) is 4. The van der Waals surface area contributed by atoms with Crippen molar-refractivity contribution in [3.8, 4) is 0 Å². The highest BCUT2D eigenvalue weighted by Gasteiger charge is 2.35. The van der Waals surface area contributed by atoms with Gasteiger partial charge in [0.2, 0.25) is 5.82 Å². The molecule has 154 valence electrons. The van der Waals surface area contributed by atoms with Gasteiger partial charge in [-0.05, 0) is 37.3 Å². The highest BCUT2D eigenvalue weighted by molar-refractivity contribution is 6.31. The van der Waals surface area contributed by atoms with E-state index in [-0.39, 0.29) is 11.6 Å². The average Bonchev–Trinajstić information content (AvgIpc) is 3.14. The molecule has 5 nitrogen and oxygen atoms in total. The predicted molar refractivity (Wildman–Crippen MR) is 117 cm³/mol. The molecule has 2 aromatic carbocycles. The van der Waals surface area contributed by atoms with Gasteiger partial charge in [0.1, 0.15) is 13.1 Å². The summed E-state index contributed by atoms with van der Waals surface area (Å²) < 4.78 is 1.97. The summed E-state index contributed by atoms with van der Waals surface area (Å²) in [4.78, 5) is 1.37. The minimum Gasteiger partial charge on any atom is -0.318 e. The second-order valence-electron chi connectivity index (χ2n) is 8.93. The van der Waals surface area contributed by atoms with Crippen LogP contribution < -0.4 is 4.90 Å². The first kappa shape index (κ1) is 21.5. The van der Waals surface area contributed by atoms with Crippen LogP contribution in [0.25, 0.3) is 0 Å². The zero-order valence-electron chi connectivity index (χ0n) is 17.9. The highest BCUT2D eigenvalue weighted by atomic mass is 35.5. The van der Waals surface area contributed by atoms with E-state index in [1.165, 1.54) is 10.5 Å². The van der Waals surface area contributed by atoms with E-state index in [0.717, 1.165) is 29.5 Å². The summed E-state index contributed by atoms with van der Waals surface area (Å²) in [5.41, 5.74) is 2.24. The normalized spacial score (nSPS) is 14.2. The van der Waals surface area contributed by atoms with Crippen molar-refractivity contribution in [2.24, 2.45) is 5.92 Å². The van der Waals surface area contributed by atoms with Crippen molar-refractivity contribution in [2.45, 2.75) is 59.3 Å². The molecule has 0 fully saturated rings. The lowest BCUT2D eigenvalue weighted by molar-refractivity contribution is -0.962. The molecule has 0 spiro atoms. The number of nitrogens with one attached hydrogen (secondary N) is 1. The third kappa shape index (κ3) is 5.22. The van der Waals surface area contributed by atoms with Crippen molar-refractivity contribution in [2.75, 3.05) is 0 Å². The van der Waals surface area contributed by atoms with E-state index in [2.05, 4.69) is 86.5 Å². The maximum Gasteiger partial charge on any atom is 0.210 e. The van der Waals surface area contributed by atoms with Crippen LogP contribution in [0.15, 0.2) is 54.6 Å². The fraction of sp³-hybridized carbons (Fsp3) is 0.435. The smallest absolute Gasteiger partial charge is 0.210 e. The Labute approximate surface area is 178 Å². The summed E-state index contributed by atoms with van der Waals surface area (Å²) in [6.07, 6.45) is 0. The molecule has 6 heteroatoms. The SMILES string of the molecule is CC(C)[C@@H](c1nnnn1C(C)(C)C)[NH+](Cc1ccccc1)Cc1ccccc1Cl. The second-order valence-corrected chi connectivity index (χ2v) is 9.34. The van der Waals surface area contributed by atoms with Gasteiger partial charge in [-0.1, -0.05) is 74.0 Å². The molecule has 0 aliphatic carbocycles. The first-order valence-electron chi connectivity index (χ1n) is 10.2. The van der Waals surface area contributed by atoms with Gasteiger partial charge in [0.25, 0.3) is 0 Å². The van der Waals surface area contributed by atoms with Crippen LogP contribution in [0.2, 0.25) is 5.02 Å². The average molecular weight is 413 g/mol. The molecule has 3 rings (SSSR count). The van der Waals surface area contributed by atoms with E-state index in [0.29, 0.717) is 5.92 Å². The quantitative estimate of drug-likeness (QED) is 0.636. The van der Waals surface area contributed by atoms with Crippen molar-refractivity contribution in [1.29, 1.82) is 0 Å². The molecule has 0 bridgehead atoms. The maximum atomic E-state index is 6.53. The van der Waals surface area contributed by atoms with E-state index in [1.54, 1.807) is 0 Å². The molecule has 1 unspecified atom stereocenters. The molecule has 1 heterocycles. The van der Waals surface area contributed by atoms with Gasteiger partial charge in [0, 0.05) is 22.1 Å². The standard InChI is InChI=1S/C23H30ClN5/c1-17(2)21(22-25-26-27-29(22)23(3,4)5)28(15-18-11-7-6-8-12-18)16-19-13-9-10-14-20(19)24/h6-14,17,21H,15-16H2,1-5H3/p+1/t21-/m0/s1. The van der Waals surface area contributed by atoms with Crippen molar-refractivity contribution in [1.82, 2.24) is 20.2 Å². The molecule has 0 aliphatic heterocycles. The van der Waals surface area contributed by atoms with Crippen LogP contribution in [-0.4, -0.2) is 20.2 Å². The summed E-state index contributed by atoms with van der Waals surface area (Å²) in [6, 6.07) is 18.8. The number of halogens is 1. The van der Waals surface area contributed by atoms with Crippen molar-refractivity contribution in [3.63, 3.8) is 0 Å². The number of quaternary nitrogens is 1. The van der Waals surface area contributed by atoms with E-state index in [4.69, 9.17) is 11.6 Å². The summed E-state index contributed by atoms with van der Waals surface area (Å²) in [6.45, 7) is 12.5. The lowest BCUT2D eigenvalue weighted by atomic mass is 9.98. The van der Waals surface area contributed by atoms with Crippen LogP contribution in [0.5, 0.6) is 0 Å². The molecule has 0 amide bonds. The number of benzene rings is 2. The van der Waals surface area contributed by atoms with Crippen molar-refractivity contribution < 1.29 is 4.90 Å². The Balaban J connectivity index is 2.04. The molecule has 29 heavy (non-hydrogen) atoms. The van der Waals surface area contributed by atoms with Crippen LogP contribution >= 0.6 is 11.6 Å². The highest BCUT2D eigenvalue weighted by Crippen LogP contribution is 2.23. The number of hydrogen-bond acceptors (Lipinski definition) is 3. The molecule has 3 aromatic rings. The van der Waals surface area contributed by atoms with Gasteiger partial charge in [0.05, 0.1) is 5.54 Å². The Morgan fingerprint density at radius 1 is 0.966 bits per heavy atom.